The quantitative estimate of drug-likeness (QED) is 0.390. The zero-order valence-corrected chi connectivity index (χ0v) is 15.8. The van der Waals surface area contributed by atoms with Gasteiger partial charge in [-0.15, -0.1) is 0 Å². The Labute approximate surface area is 167 Å². The second kappa shape index (κ2) is 7.59. The van der Waals surface area contributed by atoms with Crippen molar-refractivity contribution in [1.29, 1.82) is 0 Å². The summed E-state index contributed by atoms with van der Waals surface area (Å²) >= 11 is 0. The minimum Gasteiger partial charge on any atom is -0.361 e. The average Bonchev–Trinajstić information content (AvgIpc) is 3.18. The molecule has 0 aliphatic heterocycles. The summed E-state index contributed by atoms with van der Waals surface area (Å²) in [7, 11) is 1.75. The molecule has 0 unspecified atom stereocenters. The highest BCUT2D eigenvalue weighted by Gasteiger charge is 2.26. The van der Waals surface area contributed by atoms with Crippen LogP contribution in [0.1, 0.15) is 27.5 Å². The lowest BCUT2D eigenvalue weighted by atomic mass is 9.96. The van der Waals surface area contributed by atoms with Crippen molar-refractivity contribution >= 4 is 22.5 Å². The van der Waals surface area contributed by atoms with E-state index in [9.17, 15) is 14.9 Å². The molecule has 4 rings (SSSR count). The molecular weight excluding hydrogens is 366 g/mol. The number of para-hydroxylation sites is 1. The molecule has 4 aromatic rings. The van der Waals surface area contributed by atoms with Crippen LogP contribution in [0.25, 0.3) is 10.9 Å². The van der Waals surface area contributed by atoms with E-state index in [-0.39, 0.29) is 17.6 Å². The van der Waals surface area contributed by atoms with Crippen LogP contribution in [0, 0.1) is 10.1 Å². The van der Waals surface area contributed by atoms with Crippen molar-refractivity contribution in [2.75, 3.05) is 7.05 Å². The minimum absolute atomic E-state index is 0.0413. The number of carbonyl (C=O) groups is 1. The van der Waals surface area contributed by atoms with Crippen molar-refractivity contribution in [2.45, 2.75) is 6.04 Å². The van der Waals surface area contributed by atoms with Crippen molar-refractivity contribution in [3.63, 3.8) is 0 Å². The number of nitro groups is 1. The normalized spacial score (nSPS) is 11.9. The molecule has 3 aromatic carbocycles. The summed E-state index contributed by atoms with van der Waals surface area (Å²) in [5.41, 5.74) is 3.33. The van der Waals surface area contributed by atoms with Gasteiger partial charge in [0.2, 0.25) is 0 Å². The number of benzene rings is 3. The Bertz CT molecular complexity index is 1170. The number of fused-ring (bicyclic) bond motifs is 1. The predicted molar refractivity (Wildman–Crippen MR) is 112 cm³/mol. The van der Waals surface area contributed by atoms with Gasteiger partial charge in [0.1, 0.15) is 0 Å². The number of aromatic amines is 1. The maximum absolute atomic E-state index is 13.2. The molecule has 0 saturated heterocycles. The van der Waals surface area contributed by atoms with Gasteiger partial charge in [0.15, 0.2) is 0 Å². The minimum atomic E-state index is -0.476. The third kappa shape index (κ3) is 3.48. The monoisotopic (exact) mass is 385 g/mol. The van der Waals surface area contributed by atoms with E-state index in [0.29, 0.717) is 5.56 Å². The third-order valence-electron chi connectivity index (χ3n) is 5.06. The summed E-state index contributed by atoms with van der Waals surface area (Å²) in [6.45, 7) is 0. The largest absolute Gasteiger partial charge is 0.361 e. The fourth-order valence-electron chi connectivity index (χ4n) is 3.61. The standard InChI is InChI=1S/C23H19N3O3/c1-25(23(27)17-11-13-18(14-12-17)26(28)29)22(16-7-3-2-4-8-16)20-15-24-21-10-6-5-9-19(20)21/h2-15,22,24H,1H3/t22-/m0/s1. The smallest absolute Gasteiger partial charge is 0.269 e. The summed E-state index contributed by atoms with van der Waals surface area (Å²) < 4.78 is 0. The van der Waals surface area contributed by atoms with E-state index in [4.69, 9.17) is 0 Å². The van der Waals surface area contributed by atoms with Crippen LogP contribution in [0.5, 0.6) is 0 Å². The zero-order valence-electron chi connectivity index (χ0n) is 15.8. The van der Waals surface area contributed by atoms with E-state index in [1.807, 2.05) is 60.8 Å². The number of rotatable bonds is 5. The summed E-state index contributed by atoms with van der Waals surface area (Å²) in [5, 5.41) is 11.9. The zero-order chi connectivity index (χ0) is 20.4. The Morgan fingerprint density at radius 3 is 2.31 bits per heavy atom. The first-order valence-electron chi connectivity index (χ1n) is 9.19. The highest BCUT2D eigenvalue weighted by molar-refractivity contribution is 5.95. The molecule has 29 heavy (non-hydrogen) atoms. The average molecular weight is 385 g/mol. The van der Waals surface area contributed by atoms with Crippen LogP contribution >= 0.6 is 0 Å². The summed E-state index contributed by atoms with van der Waals surface area (Å²) in [6.07, 6.45) is 1.93. The van der Waals surface area contributed by atoms with Crippen molar-refractivity contribution in [1.82, 2.24) is 9.88 Å². The first kappa shape index (κ1) is 18.4. The Morgan fingerprint density at radius 1 is 0.966 bits per heavy atom. The van der Waals surface area contributed by atoms with Crippen molar-refractivity contribution in [2.24, 2.45) is 0 Å². The van der Waals surface area contributed by atoms with Gasteiger partial charge in [-0.3, -0.25) is 14.9 Å². The van der Waals surface area contributed by atoms with E-state index in [1.165, 1.54) is 24.3 Å². The van der Waals surface area contributed by atoms with Crippen LogP contribution in [0.3, 0.4) is 0 Å². The molecule has 0 saturated carbocycles. The summed E-state index contributed by atoms with van der Waals surface area (Å²) in [6, 6.07) is 23.2. The number of hydrogen-bond donors (Lipinski definition) is 1. The topological polar surface area (TPSA) is 79.2 Å². The molecule has 1 aromatic heterocycles. The van der Waals surface area contributed by atoms with Gasteiger partial charge in [-0.2, -0.15) is 0 Å². The van der Waals surface area contributed by atoms with E-state index in [0.717, 1.165) is 22.0 Å². The molecular formula is C23H19N3O3. The Kier molecular flexibility index (Phi) is 4.83. The van der Waals surface area contributed by atoms with E-state index in [1.54, 1.807) is 11.9 Å². The first-order chi connectivity index (χ1) is 14.1. The van der Waals surface area contributed by atoms with Gasteiger partial charge in [0.25, 0.3) is 11.6 Å². The van der Waals surface area contributed by atoms with Crippen LogP contribution < -0.4 is 0 Å². The molecule has 1 atom stereocenters. The SMILES string of the molecule is CN(C(=O)c1ccc([N+](=O)[O-])cc1)[C@@H](c1ccccc1)c1c[nH]c2ccccc12. The Balaban J connectivity index is 1.77. The lowest BCUT2D eigenvalue weighted by Crippen LogP contribution is -2.32. The van der Waals surface area contributed by atoms with Gasteiger partial charge in [-0.1, -0.05) is 48.5 Å². The maximum Gasteiger partial charge on any atom is 0.269 e. The Morgan fingerprint density at radius 2 is 1.62 bits per heavy atom. The molecule has 0 aliphatic carbocycles. The van der Waals surface area contributed by atoms with Gasteiger partial charge in [-0.05, 0) is 23.8 Å². The molecule has 1 N–H and O–H groups in total. The highest BCUT2D eigenvalue weighted by atomic mass is 16.6. The van der Waals surface area contributed by atoms with Crippen LogP contribution in [-0.2, 0) is 0 Å². The van der Waals surface area contributed by atoms with Crippen molar-refractivity contribution in [3.05, 3.63) is 112 Å². The molecule has 0 fully saturated rings. The number of aromatic nitrogens is 1. The number of nitrogens with zero attached hydrogens (tertiary/aromatic N) is 2. The number of carbonyl (C=O) groups excluding carboxylic acids is 1. The van der Waals surface area contributed by atoms with Gasteiger partial charge in [0, 0.05) is 47.4 Å². The number of nitrogens with one attached hydrogen (secondary N) is 1. The van der Waals surface area contributed by atoms with Crippen LogP contribution in [0.4, 0.5) is 5.69 Å². The van der Waals surface area contributed by atoms with E-state index < -0.39 is 4.92 Å². The molecule has 0 bridgehead atoms. The fourth-order valence-corrected chi connectivity index (χ4v) is 3.61. The Hall–Kier alpha value is -3.93. The third-order valence-corrected chi connectivity index (χ3v) is 5.06. The number of non-ortho nitro benzene ring substituents is 1. The number of nitro benzene ring substituents is 1. The van der Waals surface area contributed by atoms with Gasteiger partial charge >= 0.3 is 0 Å². The molecule has 1 heterocycles. The van der Waals surface area contributed by atoms with E-state index in [2.05, 4.69) is 4.98 Å². The van der Waals surface area contributed by atoms with Gasteiger partial charge in [-0.25, -0.2) is 0 Å². The predicted octanol–water partition coefficient (Wildman–Crippen LogP) is 4.94. The molecule has 6 heteroatoms. The second-order valence-corrected chi connectivity index (χ2v) is 6.82. The molecule has 6 nitrogen and oxygen atoms in total. The van der Waals surface area contributed by atoms with Crippen LogP contribution in [0.15, 0.2) is 85.1 Å². The number of hydrogen-bond acceptors (Lipinski definition) is 3. The summed E-state index contributed by atoms with van der Waals surface area (Å²) in [4.78, 5) is 28.6. The van der Waals surface area contributed by atoms with Gasteiger partial charge < -0.3 is 9.88 Å². The molecule has 0 spiro atoms. The molecule has 0 aliphatic rings. The first-order valence-corrected chi connectivity index (χ1v) is 9.19. The lowest BCUT2D eigenvalue weighted by Gasteiger charge is -2.29. The van der Waals surface area contributed by atoms with Gasteiger partial charge in [0.05, 0.1) is 11.0 Å². The number of amides is 1. The number of H-pyrrole nitrogens is 1. The van der Waals surface area contributed by atoms with Crippen LogP contribution in [0.2, 0.25) is 0 Å². The lowest BCUT2D eigenvalue weighted by molar-refractivity contribution is -0.384. The van der Waals surface area contributed by atoms with E-state index >= 15 is 0 Å². The maximum atomic E-state index is 13.2. The molecule has 144 valence electrons. The second-order valence-electron chi connectivity index (χ2n) is 6.82. The summed E-state index contributed by atoms with van der Waals surface area (Å²) in [5.74, 6) is -0.209. The fraction of sp³-hybridized carbons (Fsp3) is 0.0870. The molecule has 0 radical (unpaired) electrons. The van der Waals surface area contributed by atoms with Crippen molar-refractivity contribution < 1.29 is 9.72 Å². The highest BCUT2D eigenvalue weighted by Crippen LogP contribution is 2.33. The molecule has 1 amide bonds. The van der Waals surface area contributed by atoms with Crippen molar-refractivity contribution in [3.8, 4) is 0 Å². The van der Waals surface area contributed by atoms with Crippen LogP contribution in [-0.4, -0.2) is 27.8 Å².